The van der Waals surface area contributed by atoms with Crippen molar-refractivity contribution in [1.29, 1.82) is 0 Å². The Kier molecular flexibility index (Phi) is 5.95. The zero-order valence-electron chi connectivity index (χ0n) is 12.1. The molecule has 0 saturated heterocycles. The van der Waals surface area contributed by atoms with E-state index in [2.05, 4.69) is 10.6 Å². The molecule has 1 atom stereocenters. The third kappa shape index (κ3) is 4.28. The zero-order valence-corrected chi connectivity index (χ0v) is 14.4. The lowest BCUT2D eigenvalue weighted by Crippen LogP contribution is -2.47. The number of hydrogen-bond acceptors (Lipinski definition) is 2. The van der Waals surface area contributed by atoms with Crippen LogP contribution in [0, 0.1) is 5.92 Å². The van der Waals surface area contributed by atoms with Gasteiger partial charge < -0.3 is 10.6 Å². The summed E-state index contributed by atoms with van der Waals surface area (Å²) in [5.41, 5.74) is 0.384. The fourth-order valence-corrected chi connectivity index (χ4v) is 3.33. The first-order chi connectivity index (χ1) is 10.4. The highest BCUT2D eigenvalue weighted by Crippen LogP contribution is 2.33. The van der Waals surface area contributed by atoms with E-state index >= 15 is 0 Å². The van der Waals surface area contributed by atoms with E-state index in [0.29, 0.717) is 20.8 Å². The summed E-state index contributed by atoms with van der Waals surface area (Å²) in [4.78, 5) is 23.9. The third-order valence-electron chi connectivity index (χ3n) is 3.78. The molecule has 120 valence electrons. The molecule has 0 radical (unpaired) electrons. The van der Waals surface area contributed by atoms with Gasteiger partial charge in [0.15, 0.2) is 0 Å². The van der Waals surface area contributed by atoms with Crippen molar-refractivity contribution >= 4 is 52.3 Å². The zero-order chi connectivity index (χ0) is 16.3. The van der Waals surface area contributed by atoms with Crippen molar-refractivity contribution in [1.82, 2.24) is 5.32 Å². The highest BCUT2D eigenvalue weighted by Gasteiger charge is 2.31. The van der Waals surface area contributed by atoms with Gasteiger partial charge in [0.1, 0.15) is 6.04 Å². The van der Waals surface area contributed by atoms with Gasteiger partial charge in [0.05, 0.1) is 20.8 Å². The molecule has 0 aliphatic heterocycles. The highest BCUT2D eigenvalue weighted by atomic mass is 35.5. The summed E-state index contributed by atoms with van der Waals surface area (Å²) in [6.07, 6.45) is 3.99. The molecule has 1 unspecified atom stereocenters. The van der Waals surface area contributed by atoms with Gasteiger partial charge in [-0.3, -0.25) is 9.59 Å². The van der Waals surface area contributed by atoms with Crippen LogP contribution in [0.1, 0.15) is 32.6 Å². The molecular formula is C15H17Cl3N2O2. The van der Waals surface area contributed by atoms with Crippen molar-refractivity contribution in [2.24, 2.45) is 5.92 Å². The normalized spacial score (nSPS) is 16.4. The maximum absolute atomic E-state index is 12.5. The van der Waals surface area contributed by atoms with Gasteiger partial charge in [-0.1, -0.05) is 47.6 Å². The van der Waals surface area contributed by atoms with Crippen molar-refractivity contribution in [3.8, 4) is 0 Å². The second-order valence-electron chi connectivity index (χ2n) is 5.46. The predicted molar refractivity (Wildman–Crippen MR) is 89.7 cm³/mol. The number of rotatable bonds is 4. The smallest absolute Gasteiger partial charge is 0.247 e. The van der Waals surface area contributed by atoms with Gasteiger partial charge in [-0.15, -0.1) is 0 Å². The summed E-state index contributed by atoms with van der Waals surface area (Å²) in [5.74, 6) is -0.375. The molecule has 22 heavy (non-hydrogen) atoms. The SMILES string of the molecule is CC(=O)NC(C(=O)Nc1cc(Cl)c(Cl)cc1Cl)C1CCCC1. The Balaban J connectivity index is 2.16. The number of halogens is 3. The van der Waals surface area contributed by atoms with Crippen molar-refractivity contribution < 1.29 is 9.59 Å². The fraction of sp³-hybridized carbons (Fsp3) is 0.467. The Hall–Kier alpha value is -0.970. The standard InChI is InChI=1S/C15H17Cl3N2O2/c1-8(21)19-14(9-4-2-3-5-9)15(22)20-13-7-11(17)10(16)6-12(13)18/h6-7,9,14H,2-5H2,1H3,(H,19,21)(H,20,22). The topological polar surface area (TPSA) is 58.2 Å². The van der Waals surface area contributed by atoms with Crippen molar-refractivity contribution in [2.75, 3.05) is 5.32 Å². The second kappa shape index (κ2) is 7.53. The van der Waals surface area contributed by atoms with E-state index in [1.807, 2.05) is 0 Å². The molecule has 7 heteroatoms. The molecule has 1 aromatic rings. The van der Waals surface area contributed by atoms with Gasteiger partial charge in [0.2, 0.25) is 11.8 Å². The number of benzene rings is 1. The predicted octanol–water partition coefficient (Wildman–Crippen LogP) is 4.28. The molecule has 2 N–H and O–H groups in total. The van der Waals surface area contributed by atoms with Crippen LogP contribution in [0.4, 0.5) is 5.69 Å². The summed E-state index contributed by atoms with van der Waals surface area (Å²) in [5, 5.41) is 6.39. The molecule has 4 nitrogen and oxygen atoms in total. The van der Waals surface area contributed by atoms with E-state index < -0.39 is 6.04 Å². The molecule has 0 aromatic heterocycles. The third-order valence-corrected chi connectivity index (χ3v) is 4.82. The Labute approximate surface area is 144 Å². The van der Waals surface area contributed by atoms with Crippen molar-refractivity contribution in [2.45, 2.75) is 38.6 Å². The van der Waals surface area contributed by atoms with Gasteiger partial charge in [-0.25, -0.2) is 0 Å². The molecule has 0 heterocycles. The van der Waals surface area contributed by atoms with Gasteiger partial charge in [-0.05, 0) is 30.9 Å². The van der Waals surface area contributed by atoms with E-state index in [4.69, 9.17) is 34.8 Å². The van der Waals surface area contributed by atoms with Crippen LogP contribution in [0.3, 0.4) is 0 Å². The number of anilines is 1. The Bertz CT molecular complexity index is 586. The Morgan fingerprint density at radius 3 is 2.27 bits per heavy atom. The molecule has 0 bridgehead atoms. The average molecular weight is 364 g/mol. The van der Waals surface area contributed by atoms with Crippen LogP contribution >= 0.6 is 34.8 Å². The molecule has 0 spiro atoms. The number of carbonyl (C=O) groups excluding carboxylic acids is 2. The largest absolute Gasteiger partial charge is 0.344 e. The summed E-state index contributed by atoms with van der Waals surface area (Å²) in [6.45, 7) is 1.40. The minimum Gasteiger partial charge on any atom is -0.344 e. The average Bonchev–Trinajstić information content (AvgIpc) is 2.95. The van der Waals surface area contributed by atoms with E-state index in [1.165, 1.54) is 19.1 Å². The van der Waals surface area contributed by atoms with Gasteiger partial charge in [0.25, 0.3) is 0 Å². The monoisotopic (exact) mass is 362 g/mol. The molecule has 1 aliphatic carbocycles. The van der Waals surface area contributed by atoms with E-state index in [-0.39, 0.29) is 17.7 Å². The minimum absolute atomic E-state index is 0.144. The van der Waals surface area contributed by atoms with E-state index in [1.54, 1.807) is 0 Å². The molecule has 1 fully saturated rings. The van der Waals surface area contributed by atoms with Gasteiger partial charge in [-0.2, -0.15) is 0 Å². The molecule has 1 aromatic carbocycles. The van der Waals surface area contributed by atoms with Gasteiger partial charge >= 0.3 is 0 Å². The maximum atomic E-state index is 12.5. The summed E-state index contributed by atoms with van der Waals surface area (Å²) in [6, 6.07) is 2.42. The van der Waals surface area contributed by atoms with Crippen molar-refractivity contribution in [3.05, 3.63) is 27.2 Å². The molecule has 1 aliphatic rings. The first-order valence-corrected chi connectivity index (χ1v) is 8.24. The first-order valence-electron chi connectivity index (χ1n) is 7.11. The molecular weight excluding hydrogens is 347 g/mol. The minimum atomic E-state index is -0.564. The van der Waals surface area contributed by atoms with Crippen LogP contribution in [0.25, 0.3) is 0 Å². The molecule has 2 amide bonds. The molecule has 2 rings (SSSR count). The van der Waals surface area contributed by atoms with Crippen molar-refractivity contribution in [3.63, 3.8) is 0 Å². The highest BCUT2D eigenvalue weighted by molar-refractivity contribution is 6.44. The summed E-state index contributed by atoms with van der Waals surface area (Å²) < 4.78 is 0. The van der Waals surface area contributed by atoms with Crippen LogP contribution in [0.15, 0.2) is 12.1 Å². The number of amides is 2. The Morgan fingerprint density at radius 1 is 1.09 bits per heavy atom. The van der Waals surface area contributed by atoms with Crippen LogP contribution in [-0.4, -0.2) is 17.9 Å². The lowest BCUT2D eigenvalue weighted by atomic mass is 9.97. The second-order valence-corrected chi connectivity index (χ2v) is 6.68. The lowest BCUT2D eigenvalue weighted by molar-refractivity contribution is -0.126. The van der Waals surface area contributed by atoms with Crippen LogP contribution in [0.2, 0.25) is 15.1 Å². The quantitative estimate of drug-likeness (QED) is 0.784. The van der Waals surface area contributed by atoms with Crippen LogP contribution in [-0.2, 0) is 9.59 Å². The maximum Gasteiger partial charge on any atom is 0.247 e. The van der Waals surface area contributed by atoms with E-state index in [9.17, 15) is 9.59 Å². The Morgan fingerprint density at radius 2 is 1.68 bits per heavy atom. The number of nitrogens with one attached hydrogen (secondary N) is 2. The van der Waals surface area contributed by atoms with Crippen LogP contribution < -0.4 is 10.6 Å². The summed E-state index contributed by atoms with van der Waals surface area (Å²) >= 11 is 17.9. The van der Waals surface area contributed by atoms with E-state index in [0.717, 1.165) is 25.7 Å². The lowest BCUT2D eigenvalue weighted by Gasteiger charge is -2.23. The van der Waals surface area contributed by atoms with Gasteiger partial charge in [0, 0.05) is 6.92 Å². The summed E-state index contributed by atoms with van der Waals surface area (Å²) in [7, 11) is 0. The first kappa shape index (κ1) is 17.4. The van der Waals surface area contributed by atoms with Crippen LogP contribution in [0.5, 0.6) is 0 Å². The fourth-order valence-electron chi connectivity index (χ4n) is 2.74. The number of carbonyl (C=O) groups is 2. The molecule has 1 saturated carbocycles. The number of hydrogen-bond donors (Lipinski definition) is 2.